The summed E-state index contributed by atoms with van der Waals surface area (Å²) >= 11 is 0. The number of piperidine rings is 1. The Labute approximate surface area is 192 Å². The summed E-state index contributed by atoms with van der Waals surface area (Å²) < 4.78 is 10.1. The molecule has 1 aromatic carbocycles. The Morgan fingerprint density at radius 1 is 1.12 bits per heavy atom. The standard InChI is InChI=1S/C24H33N5O4/c1-15-8-10-28(11-9-15)23-25-21-20(22(31)27(5)24(32)26(21)4)29(23)13-18(30)14-33-19-7-6-16(2)17(3)12-19/h6-7,12,15,18,30H,8-11,13-14H2,1-5H3/t18-/m1/s1. The smallest absolute Gasteiger partial charge is 0.332 e. The Kier molecular flexibility index (Phi) is 6.34. The summed E-state index contributed by atoms with van der Waals surface area (Å²) in [5, 5.41) is 10.8. The SMILES string of the molecule is Cc1ccc(OC[C@H](O)Cn2c(N3CCC(C)CC3)nc3c2c(=O)n(C)c(=O)n3C)cc1C. The molecule has 0 unspecified atom stereocenters. The van der Waals surface area contributed by atoms with E-state index in [0.717, 1.165) is 36.1 Å². The molecule has 3 heterocycles. The molecule has 1 N–H and O–H groups in total. The third kappa shape index (κ3) is 4.42. The number of hydrogen-bond donors (Lipinski definition) is 1. The van der Waals surface area contributed by atoms with Gasteiger partial charge in [-0.1, -0.05) is 13.0 Å². The van der Waals surface area contributed by atoms with Crippen LogP contribution in [0, 0.1) is 19.8 Å². The van der Waals surface area contributed by atoms with Crippen molar-refractivity contribution < 1.29 is 9.84 Å². The molecule has 1 aliphatic rings. The highest BCUT2D eigenvalue weighted by molar-refractivity contribution is 5.74. The largest absolute Gasteiger partial charge is 0.491 e. The van der Waals surface area contributed by atoms with Crippen molar-refractivity contribution in [3.8, 4) is 5.75 Å². The number of aromatic nitrogens is 4. The summed E-state index contributed by atoms with van der Waals surface area (Å²) in [6.07, 6.45) is 1.19. The number of imidazole rings is 1. The van der Waals surface area contributed by atoms with Crippen molar-refractivity contribution in [1.82, 2.24) is 18.7 Å². The summed E-state index contributed by atoms with van der Waals surface area (Å²) in [6, 6.07) is 5.81. The Balaban J connectivity index is 1.68. The second-order valence-corrected chi connectivity index (χ2v) is 9.28. The van der Waals surface area contributed by atoms with Crippen molar-refractivity contribution in [2.45, 2.75) is 46.3 Å². The molecule has 0 saturated carbocycles. The van der Waals surface area contributed by atoms with Crippen molar-refractivity contribution in [1.29, 1.82) is 0 Å². The predicted molar refractivity (Wildman–Crippen MR) is 128 cm³/mol. The summed E-state index contributed by atoms with van der Waals surface area (Å²) in [6.45, 7) is 8.12. The van der Waals surface area contributed by atoms with Gasteiger partial charge in [-0.15, -0.1) is 0 Å². The lowest BCUT2D eigenvalue weighted by Crippen LogP contribution is -2.38. The van der Waals surface area contributed by atoms with Gasteiger partial charge in [-0.05, 0) is 55.9 Å². The monoisotopic (exact) mass is 455 g/mol. The number of anilines is 1. The van der Waals surface area contributed by atoms with Gasteiger partial charge in [0.15, 0.2) is 11.2 Å². The molecule has 0 radical (unpaired) electrons. The molecule has 1 aliphatic heterocycles. The fourth-order valence-corrected chi connectivity index (χ4v) is 4.32. The average molecular weight is 456 g/mol. The first-order valence-corrected chi connectivity index (χ1v) is 11.5. The van der Waals surface area contributed by atoms with Crippen LogP contribution in [0.15, 0.2) is 27.8 Å². The molecule has 0 aliphatic carbocycles. The summed E-state index contributed by atoms with van der Waals surface area (Å²) in [7, 11) is 3.08. The van der Waals surface area contributed by atoms with Gasteiger partial charge < -0.3 is 19.3 Å². The zero-order valence-corrected chi connectivity index (χ0v) is 20.0. The van der Waals surface area contributed by atoms with Crippen molar-refractivity contribution in [2.24, 2.45) is 20.0 Å². The van der Waals surface area contributed by atoms with E-state index in [0.29, 0.717) is 28.8 Å². The minimum absolute atomic E-state index is 0.0741. The van der Waals surface area contributed by atoms with Crippen molar-refractivity contribution in [3.05, 3.63) is 50.2 Å². The van der Waals surface area contributed by atoms with Crippen LogP contribution in [0.25, 0.3) is 11.2 Å². The van der Waals surface area contributed by atoms with Crippen LogP contribution in [-0.2, 0) is 20.6 Å². The Morgan fingerprint density at radius 2 is 1.82 bits per heavy atom. The van der Waals surface area contributed by atoms with E-state index in [9.17, 15) is 14.7 Å². The third-order valence-corrected chi connectivity index (χ3v) is 6.71. The first kappa shape index (κ1) is 23.1. The van der Waals surface area contributed by atoms with E-state index in [-0.39, 0.29) is 13.2 Å². The topological polar surface area (TPSA) is 94.5 Å². The minimum atomic E-state index is -0.867. The van der Waals surface area contributed by atoms with E-state index >= 15 is 0 Å². The maximum Gasteiger partial charge on any atom is 0.332 e. The molecule has 1 fully saturated rings. The number of ether oxygens (including phenoxy) is 1. The van der Waals surface area contributed by atoms with E-state index in [2.05, 4.69) is 11.8 Å². The van der Waals surface area contributed by atoms with Gasteiger partial charge in [0, 0.05) is 27.2 Å². The lowest BCUT2D eigenvalue weighted by Gasteiger charge is -2.31. The molecule has 4 rings (SSSR count). The fraction of sp³-hybridized carbons (Fsp3) is 0.542. The molecular weight excluding hydrogens is 422 g/mol. The molecule has 33 heavy (non-hydrogen) atoms. The Bertz CT molecular complexity index is 1280. The molecule has 9 heteroatoms. The van der Waals surface area contributed by atoms with E-state index in [1.54, 1.807) is 11.6 Å². The van der Waals surface area contributed by atoms with Gasteiger partial charge in [-0.3, -0.25) is 13.9 Å². The number of hydrogen-bond acceptors (Lipinski definition) is 6. The lowest BCUT2D eigenvalue weighted by atomic mass is 10.00. The van der Waals surface area contributed by atoms with Crippen molar-refractivity contribution in [2.75, 3.05) is 24.6 Å². The van der Waals surface area contributed by atoms with Crippen molar-refractivity contribution in [3.63, 3.8) is 0 Å². The van der Waals surface area contributed by atoms with Crippen molar-refractivity contribution >= 4 is 17.1 Å². The highest BCUT2D eigenvalue weighted by Gasteiger charge is 2.26. The maximum absolute atomic E-state index is 13.1. The maximum atomic E-state index is 13.1. The van der Waals surface area contributed by atoms with Crippen LogP contribution >= 0.6 is 0 Å². The van der Waals surface area contributed by atoms with Gasteiger partial charge >= 0.3 is 5.69 Å². The molecule has 1 atom stereocenters. The molecule has 1 saturated heterocycles. The Morgan fingerprint density at radius 3 is 2.48 bits per heavy atom. The first-order valence-electron chi connectivity index (χ1n) is 11.5. The normalized spacial score (nSPS) is 15.9. The highest BCUT2D eigenvalue weighted by Crippen LogP contribution is 2.25. The second-order valence-electron chi connectivity index (χ2n) is 9.28. The molecule has 2 aromatic heterocycles. The van der Waals surface area contributed by atoms with Crippen LogP contribution < -0.4 is 20.9 Å². The van der Waals surface area contributed by atoms with E-state index in [1.807, 2.05) is 32.0 Å². The van der Waals surface area contributed by atoms with Crippen LogP contribution in [0.2, 0.25) is 0 Å². The van der Waals surface area contributed by atoms with Crippen LogP contribution in [0.5, 0.6) is 5.75 Å². The second kappa shape index (κ2) is 9.05. The first-order chi connectivity index (χ1) is 15.7. The van der Waals surface area contributed by atoms with E-state index in [4.69, 9.17) is 9.72 Å². The Hall–Kier alpha value is -3.07. The van der Waals surface area contributed by atoms with Crippen LogP contribution in [0.4, 0.5) is 5.95 Å². The number of benzene rings is 1. The summed E-state index contributed by atoms with van der Waals surface area (Å²) in [5.74, 6) is 1.94. The van der Waals surface area contributed by atoms with Crippen LogP contribution in [-0.4, -0.2) is 49.6 Å². The number of aryl methyl sites for hydroxylation is 3. The number of fused-ring (bicyclic) bond motifs is 1. The molecular formula is C24H33N5O4. The minimum Gasteiger partial charge on any atom is -0.491 e. The van der Waals surface area contributed by atoms with E-state index < -0.39 is 17.4 Å². The van der Waals surface area contributed by atoms with Crippen LogP contribution in [0.1, 0.15) is 30.9 Å². The third-order valence-electron chi connectivity index (χ3n) is 6.71. The average Bonchev–Trinajstić information content (AvgIpc) is 3.16. The number of nitrogens with zero attached hydrogens (tertiary/aromatic N) is 5. The molecule has 0 amide bonds. The highest BCUT2D eigenvalue weighted by atomic mass is 16.5. The number of aliphatic hydroxyl groups excluding tert-OH is 1. The predicted octanol–water partition coefficient (Wildman–Crippen LogP) is 1.73. The lowest BCUT2D eigenvalue weighted by molar-refractivity contribution is 0.0935. The van der Waals surface area contributed by atoms with Gasteiger partial charge in [-0.2, -0.15) is 4.98 Å². The van der Waals surface area contributed by atoms with Crippen LogP contribution in [0.3, 0.4) is 0 Å². The van der Waals surface area contributed by atoms with Gasteiger partial charge in [0.1, 0.15) is 18.5 Å². The fourth-order valence-electron chi connectivity index (χ4n) is 4.32. The molecule has 0 spiro atoms. The van der Waals surface area contributed by atoms with Gasteiger partial charge in [0.05, 0.1) is 6.54 Å². The van der Waals surface area contributed by atoms with Gasteiger partial charge in [0.2, 0.25) is 5.95 Å². The number of aliphatic hydroxyl groups is 1. The molecule has 3 aromatic rings. The zero-order valence-electron chi connectivity index (χ0n) is 20.0. The molecule has 9 nitrogen and oxygen atoms in total. The van der Waals surface area contributed by atoms with E-state index in [1.165, 1.54) is 17.2 Å². The quantitative estimate of drug-likeness (QED) is 0.608. The van der Waals surface area contributed by atoms with Gasteiger partial charge in [-0.25, -0.2) is 4.79 Å². The molecule has 0 bridgehead atoms. The van der Waals surface area contributed by atoms with Gasteiger partial charge in [0.25, 0.3) is 5.56 Å². The summed E-state index contributed by atoms with van der Waals surface area (Å²) in [4.78, 5) is 32.4. The number of rotatable bonds is 6. The zero-order chi connectivity index (χ0) is 23.9. The molecule has 178 valence electrons. The summed E-state index contributed by atoms with van der Waals surface area (Å²) in [5.41, 5.74) is 2.11.